The van der Waals surface area contributed by atoms with Crippen LogP contribution < -0.4 is 21.2 Å². The van der Waals surface area contributed by atoms with Gasteiger partial charge in [0.25, 0.3) is 0 Å². The Hall–Kier alpha value is -2.83. The summed E-state index contributed by atoms with van der Waals surface area (Å²) in [6.45, 7) is 0. The molecule has 0 amide bonds. The normalized spacial score (nSPS) is 11.3. The summed E-state index contributed by atoms with van der Waals surface area (Å²) < 4.78 is 15.1. The van der Waals surface area contributed by atoms with Gasteiger partial charge in [0, 0.05) is 12.3 Å². The molecule has 26 heavy (non-hydrogen) atoms. The van der Waals surface area contributed by atoms with E-state index in [1.54, 1.807) is 6.20 Å². The Morgan fingerprint density at radius 1 is 0.577 bits per heavy atom. The Kier molecular flexibility index (Phi) is 4.60. The van der Waals surface area contributed by atoms with Crippen LogP contribution in [0.4, 0.5) is 4.39 Å². The lowest BCUT2D eigenvalue weighted by Crippen LogP contribution is -2.40. The predicted molar refractivity (Wildman–Crippen MR) is 109 cm³/mol. The van der Waals surface area contributed by atoms with Crippen molar-refractivity contribution in [3.8, 4) is 0 Å². The van der Waals surface area contributed by atoms with E-state index in [0.29, 0.717) is 5.30 Å². The summed E-state index contributed by atoms with van der Waals surface area (Å²) in [4.78, 5) is 3.98. The lowest BCUT2D eigenvalue weighted by atomic mass is 10.3. The zero-order valence-corrected chi connectivity index (χ0v) is 15.1. The third-order valence-corrected chi connectivity index (χ3v) is 8.85. The highest BCUT2D eigenvalue weighted by Crippen LogP contribution is 2.54. The molecule has 0 fully saturated rings. The molecule has 4 rings (SSSR count). The van der Waals surface area contributed by atoms with Gasteiger partial charge in [-0.1, -0.05) is 54.6 Å². The summed E-state index contributed by atoms with van der Waals surface area (Å²) in [6, 6.07) is 32.6. The lowest BCUT2D eigenvalue weighted by Gasteiger charge is -2.27. The third-order valence-electron chi connectivity index (χ3n) is 4.54. The van der Waals surface area contributed by atoms with Crippen LogP contribution in [0.2, 0.25) is 0 Å². The Balaban J connectivity index is 2.17. The largest absolute Gasteiger partial charge is 0.261 e. The van der Waals surface area contributed by atoms with Gasteiger partial charge in [0.1, 0.15) is 28.5 Å². The monoisotopic (exact) mass is 358 g/mol. The van der Waals surface area contributed by atoms with Crippen molar-refractivity contribution in [2.24, 2.45) is 0 Å². The van der Waals surface area contributed by atoms with Gasteiger partial charge in [-0.2, -0.15) is 0 Å². The molecule has 0 radical (unpaired) electrons. The van der Waals surface area contributed by atoms with E-state index in [2.05, 4.69) is 41.4 Å². The molecule has 0 bridgehead atoms. The van der Waals surface area contributed by atoms with Crippen molar-refractivity contribution >= 4 is 28.5 Å². The van der Waals surface area contributed by atoms with E-state index in [1.807, 2.05) is 60.7 Å². The highest BCUT2D eigenvalue weighted by Gasteiger charge is 2.49. The van der Waals surface area contributed by atoms with E-state index in [1.165, 1.54) is 6.20 Å². The summed E-state index contributed by atoms with van der Waals surface area (Å²) in [5.41, 5.74) is 0. The maximum Gasteiger partial charge on any atom is 0.184 e. The molecule has 0 atom stereocenters. The number of halogens is 1. The molecule has 4 aromatic rings. The average Bonchev–Trinajstić information content (AvgIpc) is 2.72. The zero-order chi connectivity index (χ0) is 17.8. The first kappa shape index (κ1) is 16.6. The molecule has 1 aromatic heterocycles. The smallest absolute Gasteiger partial charge is 0.184 e. The molecule has 1 nitrogen and oxygen atoms in total. The summed E-state index contributed by atoms with van der Waals surface area (Å²) in [6.07, 6.45) is 3.00. The van der Waals surface area contributed by atoms with Crippen molar-refractivity contribution in [1.82, 2.24) is 4.98 Å². The predicted octanol–water partition coefficient (Wildman–Crippen LogP) is 3.84. The van der Waals surface area contributed by atoms with Gasteiger partial charge in [-0.15, -0.1) is 0 Å². The SMILES string of the molecule is Fc1cnccc1[P+](c1ccccc1)(c1ccccc1)c1ccccc1. The zero-order valence-electron chi connectivity index (χ0n) is 14.2. The lowest BCUT2D eigenvalue weighted by molar-refractivity contribution is 0.630. The van der Waals surface area contributed by atoms with Gasteiger partial charge in [0.15, 0.2) is 5.82 Å². The second kappa shape index (κ2) is 7.19. The summed E-state index contributed by atoms with van der Waals surface area (Å²) in [5.74, 6) is -0.266. The van der Waals surface area contributed by atoms with Crippen LogP contribution >= 0.6 is 7.26 Å². The topological polar surface area (TPSA) is 12.9 Å². The molecule has 0 aliphatic heterocycles. The van der Waals surface area contributed by atoms with E-state index >= 15 is 4.39 Å². The van der Waals surface area contributed by atoms with Crippen molar-refractivity contribution in [2.75, 3.05) is 0 Å². The number of nitrogens with zero attached hydrogens (tertiary/aromatic N) is 1. The highest BCUT2D eigenvalue weighted by molar-refractivity contribution is 8.01. The molecule has 3 aromatic carbocycles. The first-order valence-electron chi connectivity index (χ1n) is 8.49. The van der Waals surface area contributed by atoms with Gasteiger partial charge in [-0.05, 0) is 36.4 Å². The molecule has 0 aliphatic rings. The highest BCUT2D eigenvalue weighted by atomic mass is 31.2. The number of benzene rings is 3. The Morgan fingerprint density at radius 2 is 1.00 bits per heavy atom. The quantitative estimate of drug-likeness (QED) is 0.505. The first-order valence-corrected chi connectivity index (χ1v) is 10.3. The van der Waals surface area contributed by atoms with Crippen molar-refractivity contribution in [3.63, 3.8) is 0 Å². The van der Waals surface area contributed by atoms with Crippen LogP contribution in [-0.4, -0.2) is 4.98 Å². The van der Waals surface area contributed by atoms with Gasteiger partial charge in [0.2, 0.25) is 0 Å². The molecule has 0 N–H and O–H groups in total. The minimum absolute atomic E-state index is 0.266. The minimum atomic E-state index is -2.36. The fraction of sp³-hybridized carbons (Fsp3) is 0. The number of pyridine rings is 1. The Labute approximate surface area is 153 Å². The number of hydrogen-bond donors (Lipinski definition) is 0. The second-order valence-corrected chi connectivity index (χ2v) is 9.38. The summed E-state index contributed by atoms with van der Waals surface area (Å²) in [7, 11) is -2.36. The maximum absolute atomic E-state index is 15.1. The van der Waals surface area contributed by atoms with Crippen LogP contribution in [0.5, 0.6) is 0 Å². The van der Waals surface area contributed by atoms with Crippen LogP contribution in [0.3, 0.4) is 0 Å². The van der Waals surface area contributed by atoms with Gasteiger partial charge >= 0.3 is 0 Å². The van der Waals surface area contributed by atoms with Crippen molar-refractivity contribution in [1.29, 1.82) is 0 Å². The van der Waals surface area contributed by atoms with Crippen LogP contribution in [-0.2, 0) is 0 Å². The Bertz CT molecular complexity index is 891. The molecule has 0 aliphatic carbocycles. The Morgan fingerprint density at radius 3 is 1.38 bits per heavy atom. The van der Waals surface area contributed by atoms with Crippen LogP contribution in [0, 0.1) is 5.82 Å². The van der Waals surface area contributed by atoms with Crippen molar-refractivity contribution < 1.29 is 4.39 Å². The van der Waals surface area contributed by atoms with Crippen LogP contribution in [0.15, 0.2) is 109 Å². The second-order valence-electron chi connectivity index (χ2n) is 6.00. The van der Waals surface area contributed by atoms with Crippen molar-refractivity contribution in [2.45, 2.75) is 0 Å². The van der Waals surface area contributed by atoms with E-state index < -0.39 is 7.26 Å². The van der Waals surface area contributed by atoms with Gasteiger partial charge in [-0.3, -0.25) is 4.98 Å². The first-order chi connectivity index (χ1) is 12.8. The van der Waals surface area contributed by atoms with Gasteiger partial charge in [-0.25, -0.2) is 4.39 Å². The van der Waals surface area contributed by atoms with Gasteiger partial charge < -0.3 is 0 Å². The molecule has 0 saturated carbocycles. The van der Waals surface area contributed by atoms with Crippen LogP contribution in [0.25, 0.3) is 0 Å². The van der Waals surface area contributed by atoms with E-state index in [0.717, 1.165) is 15.9 Å². The fourth-order valence-corrected chi connectivity index (χ4v) is 7.71. The van der Waals surface area contributed by atoms with Crippen LogP contribution in [0.1, 0.15) is 0 Å². The molecule has 0 unspecified atom stereocenters. The third kappa shape index (κ3) is 2.73. The van der Waals surface area contributed by atoms with Gasteiger partial charge in [0.05, 0.1) is 6.20 Å². The molecule has 0 saturated heterocycles. The standard InChI is InChI=1S/C23H18FNP/c24-22-18-25-17-16-23(22)26(19-10-4-1-5-11-19,20-12-6-2-7-13-20)21-14-8-3-9-15-21/h1-18H/q+1. The minimum Gasteiger partial charge on any atom is -0.261 e. The molecule has 0 spiro atoms. The van der Waals surface area contributed by atoms with E-state index in [-0.39, 0.29) is 5.82 Å². The number of hydrogen-bond acceptors (Lipinski definition) is 1. The fourth-order valence-electron chi connectivity index (χ4n) is 3.46. The maximum atomic E-state index is 15.1. The molecular weight excluding hydrogens is 340 g/mol. The number of rotatable bonds is 4. The average molecular weight is 358 g/mol. The number of aromatic nitrogens is 1. The molecular formula is C23H18FNP+. The molecule has 1 heterocycles. The van der Waals surface area contributed by atoms with E-state index in [4.69, 9.17) is 0 Å². The van der Waals surface area contributed by atoms with E-state index in [9.17, 15) is 0 Å². The summed E-state index contributed by atoms with van der Waals surface area (Å²) >= 11 is 0. The van der Waals surface area contributed by atoms with Crippen molar-refractivity contribution in [3.05, 3.63) is 115 Å². The summed E-state index contributed by atoms with van der Waals surface area (Å²) in [5, 5.41) is 4.09. The molecule has 126 valence electrons. The molecule has 3 heteroatoms.